The number of hydrogen-bond acceptors (Lipinski definition) is 6. The van der Waals surface area contributed by atoms with E-state index in [0.29, 0.717) is 5.82 Å². The summed E-state index contributed by atoms with van der Waals surface area (Å²) < 4.78 is 0. The number of unbranched alkanes of at least 4 members (excludes halogenated alkanes) is 2. The van der Waals surface area contributed by atoms with Crippen LogP contribution in [-0.2, 0) is 0 Å². The molecule has 0 saturated carbocycles. The fraction of sp³-hybridized carbons (Fsp3) is 0.600. The third-order valence-corrected chi connectivity index (χ3v) is 2.34. The minimum absolute atomic E-state index is 0.262. The lowest BCUT2D eigenvalue weighted by Gasteiger charge is -2.18. The molecule has 0 aliphatic carbocycles. The molecule has 1 aromatic heterocycles. The van der Waals surface area contributed by atoms with Crippen molar-refractivity contribution in [2.75, 3.05) is 30.5 Å². The van der Waals surface area contributed by atoms with Gasteiger partial charge in [-0.3, -0.25) is 0 Å². The Morgan fingerprint density at radius 1 is 1.38 bits per heavy atom. The molecule has 0 atom stereocenters. The maximum atomic E-state index is 8.66. The number of nitrogens with zero attached hydrogens (tertiary/aromatic N) is 3. The van der Waals surface area contributed by atoms with Crippen molar-refractivity contribution >= 4 is 11.6 Å². The van der Waals surface area contributed by atoms with Gasteiger partial charge in [-0.2, -0.15) is 0 Å². The number of hydrazine groups is 1. The van der Waals surface area contributed by atoms with Crippen LogP contribution < -0.4 is 16.2 Å². The molecule has 0 aromatic carbocycles. The number of hydrogen-bond donors (Lipinski definition) is 3. The molecule has 4 N–H and O–H groups in total. The van der Waals surface area contributed by atoms with E-state index in [1.54, 1.807) is 6.07 Å². The number of nitrogen functional groups attached to an aromatic ring is 1. The molecular weight excluding hydrogens is 206 g/mol. The van der Waals surface area contributed by atoms with Crippen LogP contribution in [0.4, 0.5) is 11.6 Å². The first-order valence-corrected chi connectivity index (χ1v) is 5.38. The first-order chi connectivity index (χ1) is 7.77. The van der Waals surface area contributed by atoms with E-state index >= 15 is 0 Å². The maximum absolute atomic E-state index is 8.66. The van der Waals surface area contributed by atoms with E-state index in [1.807, 2.05) is 11.9 Å². The summed E-state index contributed by atoms with van der Waals surface area (Å²) >= 11 is 0. The second-order valence-electron chi connectivity index (χ2n) is 3.61. The smallest absolute Gasteiger partial charge is 0.145 e. The molecule has 0 unspecified atom stereocenters. The van der Waals surface area contributed by atoms with Crippen molar-refractivity contribution in [3.63, 3.8) is 0 Å². The van der Waals surface area contributed by atoms with E-state index in [1.165, 1.54) is 6.33 Å². The van der Waals surface area contributed by atoms with E-state index in [9.17, 15) is 0 Å². The van der Waals surface area contributed by atoms with E-state index in [2.05, 4.69) is 15.4 Å². The van der Waals surface area contributed by atoms with Gasteiger partial charge in [-0.1, -0.05) is 0 Å². The molecular formula is C10H19N5O. The van der Waals surface area contributed by atoms with Gasteiger partial charge in [0.1, 0.15) is 18.0 Å². The van der Waals surface area contributed by atoms with Gasteiger partial charge >= 0.3 is 0 Å². The van der Waals surface area contributed by atoms with Gasteiger partial charge in [-0.05, 0) is 19.3 Å². The van der Waals surface area contributed by atoms with Crippen LogP contribution in [0.15, 0.2) is 12.4 Å². The summed E-state index contributed by atoms with van der Waals surface area (Å²) in [6.07, 6.45) is 4.39. The Hall–Kier alpha value is -1.40. The molecule has 0 saturated heterocycles. The molecule has 1 rings (SSSR count). The highest BCUT2D eigenvalue weighted by atomic mass is 16.2. The topological polar surface area (TPSA) is 87.3 Å². The Balaban J connectivity index is 2.42. The van der Waals surface area contributed by atoms with Crippen molar-refractivity contribution in [2.45, 2.75) is 19.3 Å². The van der Waals surface area contributed by atoms with Crippen molar-refractivity contribution in [1.29, 1.82) is 0 Å². The molecule has 0 radical (unpaired) electrons. The summed E-state index contributed by atoms with van der Waals surface area (Å²) in [5.74, 6) is 6.72. The molecule has 0 spiro atoms. The SMILES string of the molecule is CN(CCCCCO)c1cc(NN)ncn1. The average Bonchev–Trinajstić information content (AvgIpc) is 2.34. The largest absolute Gasteiger partial charge is 0.396 e. The summed E-state index contributed by atoms with van der Waals surface area (Å²) in [7, 11) is 1.97. The quantitative estimate of drug-likeness (QED) is 0.353. The minimum atomic E-state index is 0.262. The molecule has 0 aliphatic heterocycles. The zero-order valence-corrected chi connectivity index (χ0v) is 9.56. The summed E-state index contributed by atoms with van der Waals surface area (Å²) in [5.41, 5.74) is 2.49. The number of aromatic nitrogens is 2. The summed E-state index contributed by atoms with van der Waals surface area (Å²) in [6, 6.07) is 1.80. The number of anilines is 2. The summed E-state index contributed by atoms with van der Waals surface area (Å²) in [4.78, 5) is 10.1. The summed E-state index contributed by atoms with van der Waals surface area (Å²) in [6.45, 7) is 1.17. The molecule has 0 fully saturated rings. The fourth-order valence-corrected chi connectivity index (χ4v) is 1.39. The van der Waals surface area contributed by atoms with Crippen molar-refractivity contribution < 1.29 is 5.11 Å². The van der Waals surface area contributed by atoms with Gasteiger partial charge in [0, 0.05) is 26.3 Å². The van der Waals surface area contributed by atoms with E-state index in [-0.39, 0.29) is 6.61 Å². The van der Waals surface area contributed by atoms with Gasteiger partial charge in [-0.25, -0.2) is 15.8 Å². The monoisotopic (exact) mass is 225 g/mol. The van der Waals surface area contributed by atoms with Crippen LogP contribution >= 0.6 is 0 Å². The Labute approximate surface area is 95.5 Å². The maximum Gasteiger partial charge on any atom is 0.145 e. The van der Waals surface area contributed by atoms with Gasteiger partial charge in [0.05, 0.1) is 0 Å². The van der Waals surface area contributed by atoms with Crippen LogP contribution in [0.5, 0.6) is 0 Å². The highest BCUT2D eigenvalue weighted by molar-refractivity contribution is 5.46. The van der Waals surface area contributed by atoms with E-state index in [0.717, 1.165) is 31.6 Å². The highest BCUT2D eigenvalue weighted by Crippen LogP contribution is 2.12. The van der Waals surface area contributed by atoms with Crippen molar-refractivity contribution in [3.05, 3.63) is 12.4 Å². The zero-order valence-electron chi connectivity index (χ0n) is 9.56. The molecule has 0 amide bonds. The molecule has 1 heterocycles. The van der Waals surface area contributed by atoms with Crippen molar-refractivity contribution in [1.82, 2.24) is 9.97 Å². The molecule has 0 aliphatic rings. The van der Waals surface area contributed by atoms with Crippen LogP contribution in [0.25, 0.3) is 0 Å². The second kappa shape index (κ2) is 6.97. The van der Waals surface area contributed by atoms with Gasteiger partial charge < -0.3 is 15.4 Å². The Morgan fingerprint density at radius 2 is 2.19 bits per heavy atom. The van der Waals surface area contributed by atoms with Crippen LogP contribution in [0, 0.1) is 0 Å². The van der Waals surface area contributed by atoms with E-state index in [4.69, 9.17) is 10.9 Å². The summed E-state index contributed by atoms with van der Waals surface area (Å²) in [5, 5.41) is 8.66. The first-order valence-electron chi connectivity index (χ1n) is 5.38. The number of nitrogens with two attached hydrogens (primary N) is 1. The third-order valence-electron chi connectivity index (χ3n) is 2.34. The highest BCUT2D eigenvalue weighted by Gasteiger charge is 2.03. The van der Waals surface area contributed by atoms with Crippen molar-refractivity contribution in [2.24, 2.45) is 5.84 Å². The van der Waals surface area contributed by atoms with Crippen LogP contribution in [-0.4, -0.2) is 35.3 Å². The lowest BCUT2D eigenvalue weighted by Crippen LogP contribution is -2.20. The van der Waals surface area contributed by atoms with Crippen LogP contribution in [0.1, 0.15) is 19.3 Å². The average molecular weight is 225 g/mol. The second-order valence-corrected chi connectivity index (χ2v) is 3.61. The number of nitrogens with one attached hydrogen (secondary N) is 1. The molecule has 6 nitrogen and oxygen atoms in total. The van der Waals surface area contributed by atoms with Crippen molar-refractivity contribution in [3.8, 4) is 0 Å². The Kier molecular flexibility index (Phi) is 5.52. The molecule has 16 heavy (non-hydrogen) atoms. The molecule has 0 bridgehead atoms. The zero-order chi connectivity index (χ0) is 11.8. The van der Waals surface area contributed by atoms with E-state index < -0.39 is 0 Å². The normalized spacial score (nSPS) is 10.2. The van der Waals surface area contributed by atoms with Gasteiger partial charge in [0.2, 0.25) is 0 Å². The predicted octanol–water partition coefficient (Wildman–Crippen LogP) is 0.361. The van der Waals surface area contributed by atoms with Gasteiger partial charge in [0.15, 0.2) is 0 Å². The number of aliphatic hydroxyl groups excluding tert-OH is 1. The Bertz CT molecular complexity index is 307. The lowest BCUT2D eigenvalue weighted by atomic mass is 10.2. The van der Waals surface area contributed by atoms with Crippen LogP contribution in [0.3, 0.4) is 0 Å². The fourth-order valence-electron chi connectivity index (χ4n) is 1.39. The van der Waals surface area contributed by atoms with Gasteiger partial charge in [0.25, 0.3) is 0 Å². The first kappa shape index (κ1) is 12.7. The Morgan fingerprint density at radius 3 is 2.88 bits per heavy atom. The van der Waals surface area contributed by atoms with Crippen LogP contribution in [0.2, 0.25) is 0 Å². The number of aliphatic hydroxyl groups is 1. The number of rotatable bonds is 7. The molecule has 1 aromatic rings. The van der Waals surface area contributed by atoms with Gasteiger partial charge in [-0.15, -0.1) is 0 Å². The molecule has 90 valence electrons. The predicted molar refractivity (Wildman–Crippen MR) is 64.0 cm³/mol. The lowest BCUT2D eigenvalue weighted by molar-refractivity contribution is 0.283. The molecule has 6 heteroatoms. The minimum Gasteiger partial charge on any atom is -0.396 e. The standard InChI is InChI=1S/C10H19N5O/c1-15(5-3-2-4-6-16)10-7-9(14-11)12-8-13-10/h7-8,16H,2-6,11H2,1H3,(H,12,13,14). The third kappa shape index (κ3) is 4.00.